The summed E-state index contributed by atoms with van der Waals surface area (Å²) in [5.41, 5.74) is 8.76. The van der Waals surface area contributed by atoms with E-state index in [4.69, 9.17) is 10.5 Å². The van der Waals surface area contributed by atoms with Crippen molar-refractivity contribution in [2.45, 2.75) is 36.9 Å². The van der Waals surface area contributed by atoms with Crippen molar-refractivity contribution < 1.29 is 9.84 Å². The monoisotopic (exact) mass is 338 g/mol. The fraction of sp³-hybridized carbons (Fsp3) is 0.429. The van der Waals surface area contributed by atoms with Crippen molar-refractivity contribution in [3.8, 4) is 5.75 Å². The molecule has 1 fully saturated rings. The predicted octanol–water partition coefficient (Wildman–Crippen LogP) is 3.04. The highest BCUT2D eigenvalue weighted by molar-refractivity contribution is 5.41. The number of nitrogens with two attached hydrogens (primary N) is 1. The molecular formula is C21H26N2O2. The first-order valence-electron chi connectivity index (χ1n) is 9.16. The largest absolute Gasteiger partial charge is 0.491 e. The average Bonchev–Trinajstić information content (AvgIpc) is 2.68. The van der Waals surface area contributed by atoms with Gasteiger partial charge in [0.1, 0.15) is 12.4 Å². The number of benzene rings is 2. The molecule has 1 spiro atoms. The van der Waals surface area contributed by atoms with Gasteiger partial charge in [-0.05, 0) is 31.0 Å². The van der Waals surface area contributed by atoms with Crippen LogP contribution in [0, 0.1) is 0 Å². The van der Waals surface area contributed by atoms with E-state index in [1.807, 2.05) is 36.4 Å². The van der Waals surface area contributed by atoms with Gasteiger partial charge in [0.15, 0.2) is 0 Å². The summed E-state index contributed by atoms with van der Waals surface area (Å²) in [6.45, 7) is 1.59. The van der Waals surface area contributed by atoms with Crippen LogP contribution in [0.5, 0.6) is 5.75 Å². The molecule has 0 aliphatic carbocycles. The van der Waals surface area contributed by atoms with Gasteiger partial charge in [-0.3, -0.25) is 4.90 Å². The molecule has 4 rings (SSSR count). The molecule has 0 saturated carbocycles. The zero-order valence-electron chi connectivity index (χ0n) is 14.5. The van der Waals surface area contributed by atoms with E-state index in [1.54, 1.807) is 0 Å². The van der Waals surface area contributed by atoms with Gasteiger partial charge in [-0.25, -0.2) is 0 Å². The highest BCUT2D eigenvalue weighted by Crippen LogP contribution is 2.47. The third kappa shape index (κ3) is 2.74. The molecule has 132 valence electrons. The lowest BCUT2D eigenvalue weighted by molar-refractivity contribution is -0.0645. The molecule has 0 aromatic heterocycles. The fourth-order valence-corrected chi connectivity index (χ4v) is 4.54. The normalized spacial score (nSPS) is 27.5. The van der Waals surface area contributed by atoms with Crippen LogP contribution in [0.2, 0.25) is 0 Å². The Morgan fingerprint density at radius 1 is 1.12 bits per heavy atom. The van der Waals surface area contributed by atoms with E-state index in [2.05, 4.69) is 23.1 Å². The summed E-state index contributed by atoms with van der Waals surface area (Å²) in [4.78, 5) is 2.41. The second-order valence-corrected chi connectivity index (χ2v) is 7.17. The molecule has 4 nitrogen and oxygen atoms in total. The first kappa shape index (κ1) is 16.6. The van der Waals surface area contributed by atoms with Gasteiger partial charge in [-0.15, -0.1) is 0 Å². The maximum absolute atomic E-state index is 10.2. The zero-order valence-corrected chi connectivity index (χ0v) is 14.5. The first-order valence-corrected chi connectivity index (χ1v) is 9.16. The van der Waals surface area contributed by atoms with Gasteiger partial charge >= 0.3 is 0 Å². The second-order valence-electron chi connectivity index (χ2n) is 7.17. The zero-order chi connectivity index (χ0) is 17.3. The third-order valence-corrected chi connectivity index (χ3v) is 5.87. The molecule has 0 bridgehead atoms. The smallest absolute Gasteiger partial charge is 0.124 e. The quantitative estimate of drug-likeness (QED) is 0.903. The summed E-state index contributed by atoms with van der Waals surface area (Å²) in [7, 11) is 0. The number of hydrogen-bond acceptors (Lipinski definition) is 4. The molecule has 3 atom stereocenters. The number of rotatable bonds is 3. The van der Waals surface area contributed by atoms with Crippen molar-refractivity contribution in [3.63, 3.8) is 0 Å². The standard InChI is InChI=1S/C21H26N2O2/c22-20-17-10-4-5-11-19(17)25-15-21(20)12-6-7-13-23(21)18(14-24)16-8-2-1-3-9-16/h1-5,8-11,18,20,24H,6-7,12-15,22H2/t18-,20+,21+/m0/s1. The molecule has 0 radical (unpaired) electrons. The van der Waals surface area contributed by atoms with Gasteiger partial charge in [0.05, 0.1) is 24.2 Å². The molecule has 2 heterocycles. The van der Waals surface area contributed by atoms with Crippen LogP contribution < -0.4 is 10.5 Å². The van der Waals surface area contributed by atoms with Crippen LogP contribution in [-0.4, -0.2) is 35.3 Å². The van der Waals surface area contributed by atoms with Crippen molar-refractivity contribution in [3.05, 3.63) is 65.7 Å². The number of ether oxygens (including phenoxy) is 1. The number of fused-ring (bicyclic) bond motifs is 1. The number of piperidine rings is 1. The molecule has 2 aliphatic rings. The van der Waals surface area contributed by atoms with Gasteiger partial charge in [0.2, 0.25) is 0 Å². The Morgan fingerprint density at radius 2 is 1.88 bits per heavy atom. The van der Waals surface area contributed by atoms with Crippen molar-refractivity contribution in [1.29, 1.82) is 0 Å². The Labute approximate surface area is 149 Å². The van der Waals surface area contributed by atoms with E-state index < -0.39 is 0 Å². The number of aliphatic hydroxyl groups is 1. The highest BCUT2D eigenvalue weighted by Gasteiger charge is 2.50. The summed E-state index contributed by atoms with van der Waals surface area (Å²) in [6.07, 6.45) is 3.26. The lowest BCUT2D eigenvalue weighted by atomic mass is 9.75. The van der Waals surface area contributed by atoms with Crippen LogP contribution in [0.3, 0.4) is 0 Å². The molecular weight excluding hydrogens is 312 g/mol. The Kier molecular flexibility index (Phi) is 4.50. The minimum Gasteiger partial charge on any atom is -0.491 e. The maximum atomic E-state index is 10.2. The summed E-state index contributed by atoms with van der Waals surface area (Å²) in [5.74, 6) is 0.895. The summed E-state index contributed by atoms with van der Waals surface area (Å²) < 4.78 is 6.14. The molecule has 2 aromatic carbocycles. The highest BCUT2D eigenvalue weighted by atomic mass is 16.5. The summed E-state index contributed by atoms with van der Waals surface area (Å²) in [5, 5.41) is 10.2. The van der Waals surface area contributed by atoms with Gasteiger partial charge in [0.25, 0.3) is 0 Å². The second kappa shape index (κ2) is 6.79. The van der Waals surface area contributed by atoms with E-state index in [0.29, 0.717) is 6.61 Å². The van der Waals surface area contributed by atoms with E-state index in [0.717, 1.165) is 42.7 Å². The lowest BCUT2D eigenvalue weighted by Gasteiger charge is -2.55. The first-order chi connectivity index (χ1) is 12.3. The number of likely N-dealkylation sites (tertiary alicyclic amines) is 1. The van der Waals surface area contributed by atoms with Gasteiger partial charge in [-0.1, -0.05) is 55.0 Å². The number of nitrogens with zero attached hydrogens (tertiary/aromatic N) is 1. The number of para-hydroxylation sites is 1. The van der Waals surface area contributed by atoms with E-state index in [-0.39, 0.29) is 24.2 Å². The SMILES string of the molecule is N[C@@H]1c2ccccc2OC[C@]12CCCCN2[C@@H](CO)c1ccccc1. The maximum Gasteiger partial charge on any atom is 0.124 e. The number of aliphatic hydroxyl groups excluding tert-OH is 1. The number of hydrogen-bond donors (Lipinski definition) is 2. The minimum atomic E-state index is -0.268. The Hall–Kier alpha value is -1.88. The fourth-order valence-electron chi connectivity index (χ4n) is 4.54. The minimum absolute atomic E-state index is 0.0542. The molecule has 3 N–H and O–H groups in total. The van der Waals surface area contributed by atoms with E-state index in [1.165, 1.54) is 0 Å². The van der Waals surface area contributed by atoms with E-state index in [9.17, 15) is 5.11 Å². The van der Waals surface area contributed by atoms with Crippen LogP contribution in [-0.2, 0) is 0 Å². The summed E-state index contributed by atoms with van der Waals surface area (Å²) in [6, 6.07) is 18.2. The van der Waals surface area contributed by atoms with Crippen LogP contribution >= 0.6 is 0 Å². The van der Waals surface area contributed by atoms with Crippen molar-refractivity contribution in [2.75, 3.05) is 19.8 Å². The van der Waals surface area contributed by atoms with Gasteiger partial charge in [0, 0.05) is 5.56 Å². The molecule has 2 aromatic rings. The predicted molar refractivity (Wildman–Crippen MR) is 98.4 cm³/mol. The molecule has 25 heavy (non-hydrogen) atoms. The van der Waals surface area contributed by atoms with Crippen molar-refractivity contribution in [1.82, 2.24) is 4.90 Å². The van der Waals surface area contributed by atoms with Crippen molar-refractivity contribution >= 4 is 0 Å². The van der Waals surface area contributed by atoms with Crippen LogP contribution in [0.1, 0.15) is 42.5 Å². The third-order valence-electron chi connectivity index (χ3n) is 5.87. The average molecular weight is 338 g/mol. The van der Waals surface area contributed by atoms with Crippen LogP contribution in [0.25, 0.3) is 0 Å². The topological polar surface area (TPSA) is 58.7 Å². The van der Waals surface area contributed by atoms with Crippen LogP contribution in [0.15, 0.2) is 54.6 Å². The Balaban J connectivity index is 1.74. The molecule has 0 unspecified atom stereocenters. The molecule has 0 amide bonds. The van der Waals surface area contributed by atoms with Crippen LogP contribution in [0.4, 0.5) is 0 Å². The van der Waals surface area contributed by atoms with Crippen molar-refractivity contribution in [2.24, 2.45) is 5.73 Å². The Morgan fingerprint density at radius 3 is 2.68 bits per heavy atom. The molecule has 1 saturated heterocycles. The van der Waals surface area contributed by atoms with E-state index >= 15 is 0 Å². The Bertz CT molecular complexity index is 721. The summed E-state index contributed by atoms with van der Waals surface area (Å²) >= 11 is 0. The lowest BCUT2D eigenvalue weighted by Crippen LogP contribution is -2.63. The molecule has 2 aliphatic heterocycles. The molecule has 4 heteroatoms. The van der Waals surface area contributed by atoms with Gasteiger partial charge < -0.3 is 15.6 Å². The van der Waals surface area contributed by atoms with Gasteiger partial charge in [-0.2, -0.15) is 0 Å².